The summed E-state index contributed by atoms with van der Waals surface area (Å²) in [6, 6.07) is -0.687. The van der Waals surface area contributed by atoms with Crippen molar-refractivity contribution in [3.05, 3.63) is 0 Å². The topological polar surface area (TPSA) is 110 Å². The van der Waals surface area contributed by atoms with Gasteiger partial charge in [0, 0.05) is 29.7 Å². The maximum absolute atomic E-state index is 12.1. The summed E-state index contributed by atoms with van der Waals surface area (Å²) < 4.78 is 53.1. The first-order valence-electron chi connectivity index (χ1n) is 6.70. The monoisotopic (exact) mass is 374 g/mol. The highest BCUT2D eigenvalue weighted by atomic mass is 35.7. The van der Waals surface area contributed by atoms with Crippen LogP contribution in [0.25, 0.3) is 0 Å². The average Bonchev–Trinajstić information content (AvgIpc) is 2.76. The number of alkyl carbamates (subject to hydrolysis) is 1. The molecule has 8 nitrogen and oxygen atoms in total. The summed E-state index contributed by atoms with van der Waals surface area (Å²) in [6.45, 7) is 4.87. The molecular weight excluding hydrogens is 356 g/mol. The summed E-state index contributed by atoms with van der Waals surface area (Å²) in [6.07, 6.45) is -0.722. The summed E-state index contributed by atoms with van der Waals surface area (Å²) in [7, 11) is -2.19. The lowest BCUT2D eigenvalue weighted by molar-refractivity contribution is 0.0498. The zero-order valence-corrected chi connectivity index (χ0v) is 14.8. The van der Waals surface area contributed by atoms with Crippen molar-refractivity contribution in [2.75, 3.05) is 18.8 Å². The molecule has 2 aliphatic heterocycles. The van der Waals surface area contributed by atoms with Gasteiger partial charge in [-0.25, -0.2) is 13.2 Å². The number of ether oxygens (including phenoxy) is 1. The van der Waals surface area contributed by atoms with Gasteiger partial charge in [0.05, 0.1) is 17.0 Å². The van der Waals surface area contributed by atoms with Crippen LogP contribution in [0.5, 0.6) is 0 Å². The zero-order valence-electron chi connectivity index (χ0n) is 12.4. The fourth-order valence-corrected chi connectivity index (χ4v) is 6.23. The number of carbonyl (C=O) groups excluding carboxylic acids is 1. The maximum atomic E-state index is 12.1. The largest absolute Gasteiger partial charge is 0.444 e. The molecule has 2 fully saturated rings. The van der Waals surface area contributed by atoms with Crippen molar-refractivity contribution >= 4 is 35.8 Å². The molecule has 2 rings (SSSR count). The van der Waals surface area contributed by atoms with Crippen molar-refractivity contribution in [2.24, 2.45) is 5.92 Å². The minimum atomic E-state index is -3.98. The lowest BCUT2D eigenvalue weighted by atomic mass is 10.0. The molecule has 1 N–H and O–H groups in total. The van der Waals surface area contributed by atoms with Crippen LogP contribution in [0.2, 0.25) is 0 Å². The van der Waals surface area contributed by atoms with Gasteiger partial charge in [-0.2, -0.15) is 12.7 Å². The van der Waals surface area contributed by atoms with Crippen LogP contribution < -0.4 is 5.32 Å². The summed E-state index contributed by atoms with van der Waals surface area (Å²) in [5.74, 6) is -0.747. The molecule has 11 heteroatoms. The van der Waals surface area contributed by atoms with E-state index in [4.69, 9.17) is 15.4 Å². The molecule has 2 heterocycles. The van der Waals surface area contributed by atoms with Crippen LogP contribution in [-0.4, -0.2) is 63.0 Å². The zero-order chi connectivity index (χ0) is 16.9. The third-order valence-corrected chi connectivity index (χ3v) is 7.42. The Balaban J connectivity index is 2.13. The Kier molecular flexibility index (Phi) is 4.44. The van der Waals surface area contributed by atoms with Gasteiger partial charge < -0.3 is 10.1 Å². The van der Waals surface area contributed by atoms with Gasteiger partial charge in [0.1, 0.15) is 5.60 Å². The standard InChI is InChI=1S/C11H19ClN2O6S2/c1-11(2,3)20-10(15)13-8-6-21(16,17)9-5-14(4-7(8)9)22(12,18)19/h7-9H,4-6H2,1-3H3,(H,13,15)/t7-,8+,9-/m1/s1. The minimum absolute atomic E-state index is 0.0316. The van der Waals surface area contributed by atoms with Crippen molar-refractivity contribution < 1.29 is 26.4 Å². The Hall–Kier alpha value is -0.580. The molecule has 0 bridgehead atoms. The van der Waals surface area contributed by atoms with E-state index in [0.717, 1.165) is 4.31 Å². The highest BCUT2D eigenvalue weighted by molar-refractivity contribution is 8.11. The molecule has 2 saturated heterocycles. The number of rotatable bonds is 2. The van der Waals surface area contributed by atoms with E-state index in [2.05, 4.69) is 5.32 Å². The first-order valence-corrected chi connectivity index (χ1v) is 10.7. The molecule has 22 heavy (non-hydrogen) atoms. The molecule has 0 aromatic heterocycles. The number of halogens is 1. The Labute approximate surface area is 134 Å². The number of fused-ring (bicyclic) bond motifs is 1. The van der Waals surface area contributed by atoms with Crippen LogP contribution >= 0.6 is 10.7 Å². The number of hydrogen-bond donors (Lipinski definition) is 1. The van der Waals surface area contributed by atoms with Crippen molar-refractivity contribution in [1.29, 1.82) is 0 Å². The van der Waals surface area contributed by atoms with Gasteiger partial charge in [-0.05, 0) is 20.8 Å². The van der Waals surface area contributed by atoms with Gasteiger partial charge >= 0.3 is 6.09 Å². The van der Waals surface area contributed by atoms with E-state index >= 15 is 0 Å². The number of sulfone groups is 1. The van der Waals surface area contributed by atoms with Crippen LogP contribution in [0.1, 0.15) is 20.8 Å². The first kappa shape index (κ1) is 17.8. The Bertz CT molecular complexity index is 669. The quantitative estimate of drug-likeness (QED) is 0.686. The average molecular weight is 375 g/mol. The van der Waals surface area contributed by atoms with E-state index in [0.29, 0.717) is 0 Å². The highest BCUT2D eigenvalue weighted by Crippen LogP contribution is 2.36. The second kappa shape index (κ2) is 5.50. The van der Waals surface area contributed by atoms with E-state index in [1.807, 2.05) is 0 Å². The predicted octanol–water partition coefficient (Wildman–Crippen LogP) is 0.0921. The van der Waals surface area contributed by atoms with Crippen LogP contribution in [0.4, 0.5) is 4.79 Å². The van der Waals surface area contributed by atoms with Gasteiger partial charge in [-0.15, -0.1) is 0 Å². The van der Waals surface area contributed by atoms with Gasteiger partial charge in [0.25, 0.3) is 9.24 Å². The fraction of sp³-hybridized carbons (Fsp3) is 0.909. The summed E-state index contributed by atoms with van der Waals surface area (Å²) in [4.78, 5) is 11.8. The number of amides is 1. The molecule has 0 saturated carbocycles. The number of nitrogens with zero attached hydrogens (tertiary/aromatic N) is 1. The molecule has 3 atom stereocenters. The minimum Gasteiger partial charge on any atom is -0.444 e. The Morgan fingerprint density at radius 3 is 2.41 bits per heavy atom. The molecule has 1 amide bonds. The molecule has 0 radical (unpaired) electrons. The normalized spacial score (nSPS) is 31.7. The van der Waals surface area contributed by atoms with Crippen LogP contribution in [0, 0.1) is 5.92 Å². The van der Waals surface area contributed by atoms with Crippen LogP contribution in [0.15, 0.2) is 0 Å². The molecule has 0 spiro atoms. The molecule has 0 aromatic carbocycles. The highest BCUT2D eigenvalue weighted by Gasteiger charge is 2.54. The fourth-order valence-electron chi connectivity index (χ4n) is 2.81. The lowest BCUT2D eigenvalue weighted by Crippen LogP contribution is -2.44. The van der Waals surface area contributed by atoms with E-state index in [-0.39, 0.29) is 18.8 Å². The summed E-state index contributed by atoms with van der Waals surface area (Å²) in [5.41, 5.74) is -0.706. The summed E-state index contributed by atoms with van der Waals surface area (Å²) in [5, 5.41) is 1.68. The lowest BCUT2D eigenvalue weighted by Gasteiger charge is -2.23. The van der Waals surface area contributed by atoms with Crippen LogP contribution in [-0.2, 0) is 23.8 Å². The summed E-state index contributed by atoms with van der Waals surface area (Å²) >= 11 is 0. The number of carbonyl (C=O) groups is 1. The molecule has 2 aliphatic rings. The predicted molar refractivity (Wildman–Crippen MR) is 80.6 cm³/mol. The van der Waals surface area contributed by atoms with Gasteiger partial charge in [-0.3, -0.25) is 0 Å². The van der Waals surface area contributed by atoms with Gasteiger partial charge in [0.15, 0.2) is 9.84 Å². The van der Waals surface area contributed by atoms with E-state index < -0.39 is 48.0 Å². The van der Waals surface area contributed by atoms with Crippen molar-refractivity contribution in [2.45, 2.75) is 37.7 Å². The maximum Gasteiger partial charge on any atom is 0.407 e. The second-order valence-electron chi connectivity index (χ2n) is 6.54. The van der Waals surface area contributed by atoms with Crippen LogP contribution in [0.3, 0.4) is 0 Å². The molecule has 128 valence electrons. The Morgan fingerprint density at radius 1 is 1.32 bits per heavy atom. The smallest absolute Gasteiger partial charge is 0.407 e. The van der Waals surface area contributed by atoms with E-state index in [1.165, 1.54) is 0 Å². The second-order valence-corrected chi connectivity index (χ2v) is 11.3. The van der Waals surface area contributed by atoms with Gasteiger partial charge in [0.2, 0.25) is 0 Å². The number of nitrogens with one attached hydrogen (secondary N) is 1. The third-order valence-electron chi connectivity index (χ3n) is 3.68. The van der Waals surface area contributed by atoms with E-state index in [9.17, 15) is 21.6 Å². The van der Waals surface area contributed by atoms with Crippen molar-refractivity contribution in [3.8, 4) is 0 Å². The number of hydrogen-bond acceptors (Lipinski definition) is 6. The van der Waals surface area contributed by atoms with Crippen molar-refractivity contribution in [3.63, 3.8) is 0 Å². The third kappa shape index (κ3) is 3.84. The first-order chi connectivity index (χ1) is 9.79. The van der Waals surface area contributed by atoms with E-state index in [1.54, 1.807) is 20.8 Å². The molecule has 0 aromatic rings. The Morgan fingerprint density at radius 2 is 1.91 bits per heavy atom. The molecular formula is C11H19ClN2O6S2. The molecule has 0 unspecified atom stereocenters. The van der Waals surface area contributed by atoms with Gasteiger partial charge in [-0.1, -0.05) is 0 Å². The molecule has 0 aliphatic carbocycles. The van der Waals surface area contributed by atoms with Crippen molar-refractivity contribution in [1.82, 2.24) is 9.62 Å². The SMILES string of the molecule is CC(C)(C)OC(=O)N[C@H]1CS(=O)(=O)[C@@H]2CN(S(=O)(=O)Cl)C[C@H]12.